The van der Waals surface area contributed by atoms with Crippen LogP contribution in [0.2, 0.25) is 0 Å². The van der Waals surface area contributed by atoms with Crippen molar-refractivity contribution in [3.63, 3.8) is 0 Å². The predicted octanol–water partition coefficient (Wildman–Crippen LogP) is 2.28. The van der Waals surface area contributed by atoms with Crippen LogP contribution in [-0.2, 0) is 4.74 Å². The number of hydrogen-bond acceptors (Lipinski definition) is 3. The summed E-state index contributed by atoms with van der Waals surface area (Å²) in [5.74, 6) is 0. The molecule has 0 fully saturated rings. The highest BCUT2D eigenvalue weighted by Crippen LogP contribution is 2.27. The lowest BCUT2D eigenvalue weighted by atomic mass is 10.1. The van der Waals surface area contributed by atoms with Crippen LogP contribution in [0.5, 0.6) is 0 Å². The molecule has 0 N–H and O–H groups in total. The molecule has 0 aliphatic carbocycles. The summed E-state index contributed by atoms with van der Waals surface area (Å²) in [5.41, 5.74) is 4.36. The molecule has 0 atom stereocenters. The van der Waals surface area contributed by atoms with E-state index in [9.17, 15) is 0 Å². The average Bonchev–Trinajstić information content (AvgIpc) is 2.69. The molecular weight excluding hydrogens is 188 g/mol. The van der Waals surface area contributed by atoms with Crippen molar-refractivity contribution in [3.05, 3.63) is 36.2 Å². The molecule has 2 aliphatic heterocycles. The highest BCUT2D eigenvalue weighted by Gasteiger charge is 2.21. The maximum atomic E-state index is 5.38. The zero-order valence-corrected chi connectivity index (χ0v) is 8.70. The minimum atomic E-state index is 0.716. The van der Waals surface area contributed by atoms with Crippen LogP contribution in [0.1, 0.15) is 12.8 Å². The van der Waals surface area contributed by atoms with Crippen LogP contribution in [0, 0.1) is 0 Å². The largest absolute Gasteiger partial charge is 0.377 e. The van der Waals surface area contributed by atoms with Gasteiger partial charge in [-0.3, -0.25) is 9.98 Å². The van der Waals surface area contributed by atoms with Gasteiger partial charge in [-0.25, -0.2) is 0 Å². The van der Waals surface area contributed by atoms with Gasteiger partial charge in [0.05, 0.1) is 18.9 Å². The second-order valence-electron chi connectivity index (χ2n) is 3.57. The molecule has 3 heteroatoms. The molecule has 0 saturated carbocycles. The van der Waals surface area contributed by atoms with Gasteiger partial charge in [-0.15, -0.1) is 0 Å². The van der Waals surface area contributed by atoms with E-state index in [2.05, 4.69) is 23.1 Å². The van der Waals surface area contributed by atoms with E-state index in [0.29, 0.717) is 6.61 Å². The van der Waals surface area contributed by atoms with Crippen molar-refractivity contribution in [1.82, 2.24) is 0 Å². The fraction of sp³-hybridized carbons (Fsp3) is 0.333. The molecule has 2 heterocycles. The molecule has 0 spiro atoms. The number of nitrogens with zero attached hydrogens (tertiary/aromatic N) is 2. The van der Waals surface area contributed by atoms with E-state index in [0.717, 1.165) is 30.7 Å². The summed E-state index contributed by atoms with van der Waals surface area (Å²) >= 11 is 0. The van der Waals surface area contributed by atoms with Crippen molar-refractivity contribution in [2.45, 2.75) is 12.8 Å². The fourth-order valence-electron chi connectivity index (χ4n) is 1.72. The van der Waals surface area contributed by atoms with Crippen molar-refractivity contribution in [1.29, 1.82) is 0 Å². The minimum absolute atomic E-state index is 0.716. The van der Waals surface area contributed by atoms with Crippen molar-refractivity contribution in [2.75, 3.05) is 13.2 Å². The van der Waals surface area contributed by atoms with E-state index in [-0.39, 0.29) is 0 Å². The molecule has 0 bridgehead atoms. The van der Waals surface area contributed by atoms with Gasteiger partial charge in [0.25, 0.3) is 0 Å². The Kier molecular flexibility index (Phi) is 2.92. The Hall–Kier alpha value is -1.48. The van der Waals surface area contributed by atoms with Crippen molar-refractivity contribution in [2.24, 2.45) is 9.98 Å². The summed E-state index contributed by atoms with van der Waals surface area (Å²) in [6, 6.07) is 0. The van der Waals surface area contributed by atoms with Gasteiger partial charge in [0.15, 0.2) is 0 Å². The van der Waals surface area contributed by atoms with E-state index in [1.165, 1.54) is 17.5 Å². The van der Waals surface area contributed by atoms with Crippen molar-refractivity contribution in [3.8, 4) is 0 Å². The van der Waals surface area contributed by atoms with Gasteiger partial charge in [0.2, 0.25) is 0 Å². The zero-order valence-electron chi connectivity index (χ0n) is 8.70. The normalized spacial score (nSPS) is 20.4. The predicted molar refractivity (Wildman–Crippen MR) is 62.3 cm³/mol. The van der Waals surface area contributed by atoms with Gasteiger partial charge in [0, 0.05) is 36.5 Å². The first kappa shape index (κ1) is 10.1. The lowest BCUT2D eigenvalue weighted by Crippen LogP contribution is -2.08. The molecule has 0 amide bonds. The van der Waals surface area contributed by atoms with E-state index in [4.69, 9.17) is 4.74 Å². The molecule has 0 unspecified atom stereocenters. The Balaban J connectivity index is 2.07. The van der Waals surface area contributed by atoms with E-state index < -0.39 is 0 Å². The molecule has 0 saturated heterocycles. The van der Waals surface area contributed by atoms with Crippen LogP contribution in [0.15, 0.2) is 46.2 Å². The SMILES string of the molecule is C=CN=CC(=C)C1=NC2=C(COCC2)C1. The molecule has 78 valence electrons. The van der Waals surface area contributed by atoms with E-state index in [1.807, 2.05) is 0 Å². The number of aliphatic imine (C=N–C) groups is 2. The van der Waals surface area contributed by atoms with Crippen LogP contribution >= 0.6 is 0 Å². The van der Waals surface area contributed by atoms with Crippen molar-refractivity contribution < 1.29 is 4.74 Å². The standard InChI is InChI=1S/C12H14N2O/c1-3-13-7-9(2)12-6-10-8-15-5-4-11(10)14-12/h3,7H,1-2,4-6,8H2. The van der Waals surface area contributed by atoms with Gasteiger partial charge in [0.1, 0.15) is 0 Å². The monoisotopic (exact) mass is 202 g/mol. The van der Waals surface area contributed by atoms with Crippen LogP contribution in [-0.4, -0.2) is 25.1 Å². The molecular formula is C12H14N2O. The second-order valence-corrected chi connectivity index (χ2v) is 3.57. The lowest BCUT2D eigenvalue weighted by molar-refractivity contribution is 0.146. The topological polar surface area (TPSA) is 34.0 Å². The van der Waals surface area contributed by atoms with Gasteiger partial charge in [-0.05, 0) is 5.57 Å². The third kappa shape index (κ3) is 2.13. The fourth-order valence-corrected chi connectivity index (χ4v) is 1.72. The highest BCUT2D eigenvalue weighted by atomic mass is 16.5. The molecule has 0 aromatic rings. The Bertz CT molecular complexity index is 388. The molecule has 2 rings (SSSR count). The Morgan fingerprint density at radius 2 is 2.40 bits per heavy atom. The van der Waals surface area contributed by atoms with Crippen LogP contribution in [0.25, 0.3) is 0 Å². The highest BCUT2D eigenvalue weighted by molar-refractivity contribution is 6.17. The van der Waals surface area contributed by atoms with Crippen molar-refractivity contribution >= 4 is 11.9 Å². The summed E-state index contributed by atoms with van der Waals surface area (Å²) in [6.45, 7) is 8.96. The maximum Gasteiger partial charge on any atom is 0.0701 e. The van der Waals surface area contributed by atoms with E-state index >= 15 is 0 Å². The number of ether oxygens (including phenoxy) is 1. The molecule has 15 heavy (non-hydrogen) atoms. The number of hydrogen-bond donors (Lipinski definition) is 0. The maximum absolute atomic E-state index is 5.38. The molecule has 0 aromatic carbocycles. The third-order valence-corrected chi connectivity index (χ3v) is 2.52. The first-order valence-electron chi connectivity index (χ1n) is 5.01. The van der Waals surface area contributed by atoms with Crippen LogP contribution in [0.3, 0.4) is 0 Å². The third-order valence-electron chi connectivity index (χ3n) is 2.52. The first-order chi connectivity index (χ1) is 7.31. The number of rotatable bonds is 3. The smallest absolute Gasteiger partial charge is 0.0701 e. The lowest BCUT2D eigenvalue weighted by Gasteiger charge is -2.12. The summed E-state index contributed by atoms with van der Waals surface area (Å²) in [4.78, 5) is 8.50. The second kappa shape index (κ2) is 4.36. The Morgan fingerprint density at radius 3 is 3.13 bits per heavy atom. The van der Waals surface area contributed by atoms with Gasteiger partial charge >= 0.3 is 0 Å². The summed E-state index contributed by atoms with van der Waals surface area (Å²) in [7, 11) is 0. The zero-order chi connectivity index (χ0) is 10.7. The average molecular weight is 202 g/mol. The summed E-state index contributed by atoms with van der Waals surface area (Å²) in [6.07, 6.45) is 4.98. The first-order valence-corrected chi connectivity index (χ1v) is 5.01. The number of allylic oxidation sites excluding steroid dienone is 1. The Labute approximate surface area is 89.6 Å². The molecule has 2 aliphatic rings. The Morgan fingerprint density at radius 1 is 1.53 bits per heavy atom. The summed E-state index contributed by atoms with van der Waals surface area (Å²) in [5, 5.41) is 0. The quantitative estimate of drug-likeness (QED) is 0.646. The van der Waals surface area contributed by atoms with Gasteiger partial charge < -0.3 is 4.74 Å². The minimum Gasteiger partial charge on any atom is -0.377 e. The summed E-state index contributed by atoms with van der Waals surface area (Å²) < 4.78 is 5.38. The molecule has 0 radical (unpaired) electrons. The molecule has 3 nitrogen and oxygen atoms in total. The van der Waals surface area contributed by atoms with Crippen LogP contribution in [0.4, 0.5) is 0 Å². The van der Waals surface area contributed by atoms with Gasteiger partial charge in [-0.2, -0.15) is 0 Å². The van der Waals surface area contributed by atoms with E-state index in [1.54, 1.807) is 6.21 Å². The molecule has 0 aromatic heterocycles. The van der Waals surface area contributed by atoms with Gasteiger partial charge in [-0.1, -0.05) is 13.2 Å². The van der Waals surface area contributed by atoms with Crippen LogP contribution < -0.4 is 0 Å².